The van der Waals surface area contributed by atoms with E-state index < -0.39 is 5.60 Å². The molecule has 1 aromatic carbocycles. The second-order valence-electron chi connectivity index (χ2n) is 4.99. The largest absolute Gasteiger partial charge is 0.390 e. The number of hydrogen-bond acceptors (Lipinski definition) is 2. The molecule has 1 N–H and O–H groups in total. The Balaban J connectivity index is 1.73. The van der Waals surface area contributed by atoms with Gasteiger partial charge in [-0.1, -0.05) is 30.3 Å². The van der Waals surface area contributed by atoms with Crippen molar-refractivity contribution in [1.29, 1.82) is 0 Å². The Hall–Kier alpha value is -1.15. The van der Waals surface area contributed by atoms with Crippen LogP contribution in [0.1, 0.15) is 31.7 Å². The van der Waals surface area contributed by atoms with Crippen LogP contribution >= 0.6 is 0 Å². The number of aliphatic hydroxyl groups is 1. The minimum Gasteiger partial charge on any atom is -0.390 e. The summed E-state index contributed by atoms with van der Waals surface area (Å²) in [7, 11) is 0. The predicted octanol–water partition coefficient (Wildman–Crippen LogP) is 2.35. The quantitative estimate of drug-likeness (QED) is 0.823. The molecule has 1 fully saturated rings. The van der Waals surface area contributed by atoms with Gasteiger partial charge < -0.3 is 5.11 Å². The van der Waals surface area contributed by atoms with E-state index in [0.717, 1.165) is 12.8 Å². The molecular weight excluding hydrogens is 200 g/mol. The van der Waals surface area contributed by atoms with Crippen molar-refractivity contribution in [2.24, 2.45) is 5.92 Å². The van der Waals surface area contributed by atoms with Gasteiger partial charge in [-0.25, -0.2) is 0 Å². The SMILES string of the molecule is C[C@@]1(O)C[C@@H]1CC(=O)CCc1ccccc1. The van der Waals surface area contributed by atoms with E-state index in [0.29, 0.717) is 12.8 Å². The number of benzene rings is 1. The van der Waals surface area contributed by atoms with Crippen molar-refractivity contribution < 1.29 is 9.90 Å². The zero-order chi connectivity index (χ0) is 11.6. The lowest BCUT2D eigenvalue weighted by Crippen LogP contribution is -2.08. The van der Waals surface area contributed by atoms with E-state index in [-0.39, 0.29) is 11.7 Å². The first kappa shape index (κ1) is 11.3. The van der Waals surface area contributed by atoms with Crippen LogP contribution in [0.2, 0.25) is 0 Å². The summed E-state index contributed by atoms with van der Waals surface area (Å²) >= 11 is 0. The average Bonchev–Trinajstić information content (AvgIpc) is 2.84. The molecule has 0 spiro atoms. The fraction of sp³-hybridized carbons (Fsp3) is 0.500. The molecule has 0 saturated heterocycles. The van der Waals surface area contributed by atoms with Crippen LogP contribution in [0.4, 0.5) is 0 Å². The number of ketones is 1. The molecule has 2 heteroatoms. The Morgan fingerprint density at radius 3 is 2.62 bits per heavy atom. The molecule has 16 heavy (non-hydrogen) atoms. The van der Waals surface area contributed by atoms with E-state index in [1.807, 2.05) is 37.3 Å². The third-order valence-corrected chi connectivity index (χ3v) is 3.39. The van der Waals surface area contributed by atoms with Gasteiger partial charge in [-0.2, -0.15) is 0 Å². The van der Waals surface area contributed by atoms with E-state index in [4.69, 9.17) is 0 Å². The molecule has 0 heterocycles. The van der Waals surface area contributed by atoms with Gasteiger partial charge in [-0.3, -0.25) is 4.79 Å². The monoisotopic (exact) mass is 218 g/mol. The molecular formula is C14H18O2. The van der Waals surface area contributed by atoms with Gasteiger partial charge in [0.25, 0.3) is 0 Å². The number of carbonyl (C=O) groups excluding carboxylic acids is 1. The van der Waals surface area contributed by atoms with Crippen LogP contribution in [0.15, 0.2) is 30.3 Å². The second-order valence-corrected chi connectivity index (χ2v) is 4.99. The normalized spacial score (nSPS) is 27.8. The van der Waals surface area contributed by atoms with Crippen LogP contribution in [-0.2, 0) is 11.2 Å². The average molecular weight is 218 g/mol. The van der Waals surface area contributed by atoms with Gasteiger partial charge in [-0.15, -0.1) is 0 Å². The van der Waals surface area contributed by atoms with E-state index in [2.05, 4.69) is 0 Å². The van der Waals surface area contributed by atoms with Crippen molar-refractivity contribution in [1.82, 2.24) is 0 Å². The van der Waals surface area contributed by atoms with Crippen LogP contribution in [-0.4, -0.2) is 16.5 Å². The lowest BCUT2D eigenvalue weighted by atomic mass is 10.0. The summed E-state index contributed by atoms with van der Waals surface area (Å²) in [6.45, 7) is 1.81. The number of Topliss-reactive ketones (excluding diaryl/α,β-unsaturated/α-hetero) is 1. The summed E-state index contributed by atoms with van der Waals surface area (Å²) in [6, 6.07) is 10.0. The topological polar surface area (TPSA) is 37.3 Å². The van der Waals surface area contributed by atoms with E-state index >= 15 is 0 Å². The molecule has 0 bridgehead atoms. The summed E-state index contributed by atoms with van der Waals surface area (Å²) in [4.78, 5) is 11.6. The highest BCUT2D eigenvalue weighted by Gasteiger charge is 2.48. The molecule has 0 aliphatic heterocycles. The van der Waals surface area contributed by atoms with Gasteiger partial charge in [-0.05, 0) is 31.2 Å². The maximum atomic E-state index is 11.6. The molecule has 1 aliphatic rings. The van der Waals surface area contributed by atoms with Gasteiger partial charge >= 0.3 is 0 Å². The zero-order valence-electron chi connectivity index (χ0n) is 9.65. The summed E-state index contributed by atoms with van der Waals surface area (Å²) in [6.07, 6.45) is 2.73. The van der Waals surface area contributed by atoms with Crippen molar-refractivity contribution in [3.63, 3.8) is 0 Å². The number of hydrogen-bond donors (Lipinski definition) is 1. The zero-order valence-corrected chi connectivity index (χ0v) is 9.65. The highest BCUT2D eigenvalue weighted by atomic mass is 16.3. The molecule has 86 valence electrons. The van der Waals surface area contributed by atoms with Crippen molar-refractivity contribution in [3.8, 4) is 0 Å². The number of rotatable bonds is 5. The van der Waals surface area contributed by atoms with E-state index in [9.17, 15) is 9.90 Å². The molecule has 2 nitrogen and oxygen atoms in total. The highest BCUT2D eigenvalue weighted by molar-refractivity contribution is 5.79. The standard InChI is InChI=1S/C14H18O2/c1-14(16)10-12(14)9-13(15)8-7-11-5-3-2-4-6-11/h2-6,12,16H,7-10H2,1H3/t12-,14+/m0/s1. The van der Waals surface area contributed by atoms with Crippen LogP contribution in [0.3, 0.4) is 0 Å². The first-order valence-electron chi connectivity index (χ1n) is 5.86. The van der Waals surface area contributed by atoms with Crippen LogP contribution in [0, 0.1) is 5.92 Å². The number of aryl methyl sites for hydroxylation is 1. The van der Waals surface area contributed by atoms with Gasteiger partial charge in [0, 0.05) is 12.8 Å². The first-order chi connectivity index (χ1) is 7.58. The van der Waals surface area contributed by atoms with Crippen molar-refractivity contribution in [3.05, 3.63) is 35.9 Å². The Morgan fingerprint density at radius 2 is 2.06 bits per heavy atom. The lowest BCUT2D eigenvalue weighted by molar-refractivity contribution is -0.119. The second kappa shape index (κ2) is 4.38. The molecule has 2 atom stereocenters. The molecule has 1 saturated carbocycles. The molecule has 1 aliphatic carbocycles. The molecule has 0 unspecified atom stereocenters. The summed E-state index contributed by atoms with van der Waals surface area (Å²) < 4.78 is 0. The fourth-order valence-electron chi connectivity index (χ4n) is 2.04. The van der Waals surface area contributed by atoms with Gasteiger partial charge in [0.2, 0.25) is 0 Å². The van der Waals surface area contributed by atoms with Crippen LogP contribution in [0.5, 0.6) is 0 Å². The fourth-order valence-corrected chi connectivity index (χ4v) is 2.04. The Bertz CT molecular complexity index is 368. The lowest BCUT2D eigenvalue weighted by Gasteiger charge is -2.03. The van der Waals surface area contributed by atoms with Crippen molar-refractivity contribution in [2.45, 2.75) is 38.2 Å². The molecule has 0 amide bonds. The van der Waals surface area contributed by atoms with E-state index in [1.165, 1.54) is 5.56 Å². The summed E-state index contributed by atoms with van der Waals surface area (Å²) in [5.41, 5.74) is 0.640. The third-order valence-electron chi connectivity index (χ3n) is 3.39. The van der Waals surface area contributed by atoms with Crippen LogP contribution < -0.4 is 0 Å². The highest BCUT2D eigenvalue weighted by Crippen LogP contribution is 2.45. The number of carbonyl (C=O) groups is 1. The van der Waals surface area contributed by atoms with Crippen molar-refractivity contribution >= 4 is 5.78 Å². The van der Waals surface area contributed by atoms with Gasteiger partial charge in [0.15, 0.2) is 0 Å². The minimum absolute atomic E-state index is 0.204. The summed E-state index contributed by atoms with van der Waals surface area (Å²) in [5, 5.41) is 9.57. The maximum Gasteiger partial charge on any atom is 0.133 e. The van der Waals surface area contributed by atoms with E-state index in [1.54, 1.807) is 0 Å². The Morgan fingerprint density at radius 1 is 1.44 bits per heavy atom. The predicted molar refractivity (Wildman–Crippen MR) is 63.1 cm³/mol. The third kappa shape index (κ3) is 2.92. The maximum absolute atomic E-state index is 11.6. The van der Waals surface area contributed by atoms with Gasteiger partial charge in [0.1, 0.15) is 5.78 Å². The van der Waals surface area contributed by atoms with Crippen molar-refractivity contribution in [2.75, 3.05) is 0 Å². The molecule has 2 rings (SSSR count). The van der Waals surface area contributed by atoms with Gasteiger partial charge in [0.05, 0.1) is 5.60 Å². The van der Waals surface area contributed by atoms with Crippen LogP contribution in [0.25, 0.3) is 0 Å². The summed E-state index contributed by atoms with van der Waals surface area (Å²) in [5.74, 6) is 0.474. The molecule has 0 radical (unpaired) electrons. The molecule has 1 aromatic rings. The smallest absolute Gasteiger partial charge is 0.133 e. The molecule has 0 aromatic heterocycles. The minimum atomic E-state index is -0.567. The Labute approximate surface area is 96.3 Å². The Kier molecular flexibility index (Phi) is 3.10. The first-order valence-corrected chi connectivity index (χ1v) is 5.86.